The maximum atomic E-state index is 12.5. The fourth-order valence-corrected chi connectivity index (χ4v) is 1.34. The SMILES string of the molecule is NCCCc1ncc(Cl)cc1C(F)(F)F. The first-order valence-corrected chi connectivity index (χ1v) is 4.74. The molecule has 1 rings (SSSR count). The van der Waals surface area contributed by atoms with Crippen LogP contribution in [0.1, 0.15) is 17.7 Å². The molecule has 2 N–H and O–H groups in total. The Morgan fingerprint density at radius 2 is 2.07 bits per heavy atom. The van der Waals surface area contributed by atoms with Crippen LogP contribution in [0.4, 0.5) is 13.2 Å². The first-order valence-electron chi connectivity index (χ1n) is 4.37. The zero-order valence-corrected chi connectivity index (χ0v) is 8.57. The van der Waals surface area contributed by atoms with E-state index in [4.69, 9.17) is 17.3 Å². The third-order valence-electron chi connectivity index (χ3n) is 1.86. The van der Waals surface area contributed by atoms with Gasteiger partial charge in [-0.3, -0.25) is 4.98 Å². The van der Waals surface area contributed by atoms with Gasteiger partial charge in [0.25, 0.3) is 0 Å². The first-order chi connectivity index (χ1) is 6.95. The molecule has 0 saturated carbocycles. The van der Waals surface area contributed by atoms with Gasteiger partial charge in [0.05, 0.1) is 16.3 Å². The van der Waals surface area contributed by atoms with E-state index in [9.17, 15) is 13.2 Å². The van der Waals surface area contributed by atoms with Gasteiger partial charge in [-0.2, -0.15) is 13.2 Å². The van der Waals surface area contributed by atoms with Crippen LogP contribution in [0.2, 0.25) is 5.02 Å². The van der Waals surface area contributed by atoms with Crippen LogP contribution in [0.3, 0.4) is 0 Å². The van der Waals surface area contributed by atoms with E-state index in [-0.39, 0.29) is 17.1 Å². The predicted octanol–water partition coefficient (Wildman–Crippen LogP) is 2.65. The quantitative estimate of drug-likeness (QED) is 0.879. The number of hydrogen-bond donors (Lipinski definition) is 1. The molecule has 2 nitrogen and oxygen atoms in total. The Labute approximate surface area is 90.3 Å². The molecule has 84 valence electrons. The average Bonchev–Trinajstić information content (AvgIpc) is 2.14. The molecule has 0 unspecified atom stereocenters. The van der Waals surface area contributed by atoms with Crippen LogP contribution in [-0.2, 0) is 12.6 Å². The largest absolute Gasteiger partial charge is 0.418 e. The molecule has 0 radical (unpaired) electrons. The van der Waals surface area contributed by atoms with Crippen molar-refractivity contribution in [2.45, 2.75) is 19.0 Å². The standard InChI is InChI=1S/C9H10ClF3N2/c10-6-4-7(9(11,12)13)8(15-5-6)2-1-3-14/h4-5H,1-3,14H2. The molecule has 0 bridgehead atoms. The van der Waals surface area contributed by atoms with Crippen molar-refractivity contribution in [3.63, 3.8) is 0 Å². The highest BCUT2D eigenvalue weighted by molar-refractivity contribution is 6.30. The Morgan fingerprint density at radius 1 is 1.40 bits per heavy atom. The van der Waals surface area contributed by atoms with Gasteiger partial charge in [0.2, 0.25) is 0 Å². The van der Waals surface area contributed by atoms with Gasteiger partial charge in [-0.1, -0.05) is 11.6 Å². The number of halogens is 4. The minimum atomic E-state index is -4.41. The van der Waals surface area contributed by atoms with Crippen molar-refractivity contribution in [3.05, 3.63) is 28.5 Å². The number of hydrogen-bond acceptors (Lipinski definition) is 2. The normalized spacial score (nSPS) is 11.8. The van der Waals surface area contributed by atoms with Crippen LogP contribution in [0.5, 0.6) is 0 Å². The minimum absolute atomic E-state index is 0.00245. The second kappa shape index (κ2) is 4.81. The highest BCUT2D eigenvalue weighted by Gasteiger charge is 2.34. The molecule has 0 aliphatic heterocycles. The lowest BCUT2D eigenvalue weighted by Gasteiger charge is -2.11. The summed E-state index contributed by atoms with van der Waals surface area (Å²) in [6, 6.07) is 0.889. The van der Waals surface area contributed by atoms with Gasteiger partial charge in [-0.25, -0.2) is 0 Å². The number of nitrogens with zero attached hydrogens (tertiary/aromatic N) is 1. The van der Waals surface area contributed by atoms with Gasteiger partial charge >= 0.3 is 6.18 Å². The summed E-state index contributed by atoms with van der Waals surface area (Å²) < 4.78 is 37.6. The Bertz CT molecular complexity index is 339. The van der Waals surface area contributed by atoms with Crippen molar-refractivity contribution in [2.75, 3.05) is 6.54 Å². The van der Waals surface area contributed by atoms with E-state index in [1.54, 1.807) is 0 Å². The summed E-state index contributed by atoms with van der Waals surface area (Å²) in [7, 11) is 0. The fraction of sp³-hybridized carbons (Fsp3) is 0.444. The van der Waals surface area contributed by atoms with E-state index >= 15 is 0 Å². The maximum absolute atomic E-state index is 12.5. The Morgan fingerprint density at radius 3 is 2.60 bits per heavy atom. The monoisotopic (exact) mass is 238 g/mol. The van der Waals surface area contributed by atoms with Crippen LogP contribution in [0.25, 0.3) is 0 Å². The summed E-state index contributed by atoms with van der Waals surface area (Å²) in [6.07, 6.45) is -2.52. The summed E-state index contributed by atoms with van der Waals surface area (Å²) in [4.78, 5) is 3.67. The summed E-state index contributed by atoms with van der Waals surface area (Å²) in [5, 5.41) is -0.0150. The molecule has 0 fully saturated rings. The number of rotatable bonds is 3. The molecular weight excluding hydrogens is 229 g/mol. The van der Waals surface area contributed by atoms with Crippen molar-refractivity contribution >= 4 is 11.6 Å². The van der Waals surface area contributed by atoms with E-state index in [0.717, 1.165) is 6.07 Å². The molecule has 0 saturated heterocycles. The Hall–Kier alpha value is -0.810. The number of alkyl halides is 3. The molecule has 1 heterocycles. The Balaban J connectivity index is 3.04. The van der Waals surface area contributed by atoms with Crippen LogP contribution < -0.4 is 5.73 Å². The molecule has 6 heteroatoms. The van der Waals surface area contributed by atoms with Crippen molar-refractivity contribution < 1.29 is 13.2 Å². The molecule has 0 aromatic carbocycles. The number of nitrogens with two attached hydrogens (primary N) is 1. The smallest absolute Gasteiger partial charge is 0.330 e. The lowest BCUT2D eigenvalue weighted by Crippen LogP contribution is -2.12. The molecular formula is C9H10ClF3N2. The van der Waals surface area contributed by atoms with Crippen molar-refractivity contribution in [3.8, 4) is 0 Å². The van der Waals surface area contributed by atoms with Crippen LogP contribution in [0.15, 0.2) is 12.3 Å². The zero-order valence-electron chi connectivity index (χ0n) is 7.81. The van der Waals surface area contributed by atoms with Gasteiger partial charge in [-0.15, -0.1) is 0 Å². The van der Waals surface area contributed by atoms with Crippen molar-refractivity contribution in [1.82, 2.24) is 4.98 Å². The van der Waals surface area contributed by atoms with Gasteiger partial charge < -0.3 is 5.73 Å². The minimum Gasteiger partial charge on any atom is -0.330 e. The second-order valence-corrected chi connectivity index (χ2v) is 3.47. The van der Waals surface area contributed by atoms with Crippen molar-refractivity contribution in [1.29, 1.82) is 0 Å². The molecule has 0 aliphatic carbocycles. The average molecular weight is 239 g/mol. The summed E-state index contributed by atoms with van der Waals surface area (Å²) in [5.74, 6) is 0. The molecule has 0 amide bonds. The highest BCUT2D eigenvalue weighted by atomic mass is 35.5. The van der Waals surface area contributed by atoms with Crippen LogP contribution >= 0.6 is 11.6 Å². The van der Waals surface area contributed by atoms with Gasteiger partial charge in [0.1, 0.15) is 0 Å². The third-order valence-corrected chi connectivity index (χ3v) is 2.07. The molecule has 1 aromatic heterocycles. The molecule has 15 heavy (non-hydrogen) atoms. The van der Waals surface area contributed by atoms with Gasteiger partial charge in [-0.05, 0) is 25.5 Å². The number of aromatic nitrogens is 1. The summed E-state index contributed by atoms with van der Waals surface area (Å²) in [5.41, 5.74) is 4.45. The highest BCUT2D eigenvalue weighted by Crippen LogP contribution is 2.33. The third kappa shape index (κ3) is 3.35. The summed E-state index contributed by atoms with van der Waals surface area (Å²) >= 11 is 5.47. The molecule has 0 aliphatic rings. The number of aryl methyl sites for hydroxylation is 1. The molecule has 1 aromatic rings. The fourth-order valence-electron chi connectivity index (χ4n) is 1.18. The van der Waals surface area contributed by atoms with Gasteiger partial charge in [0.15, 0.2) is 0 Å². The summed E-state index contributed by atoms with van der Waals surface area (Å²) in [6.45, 7) is 0.335. The van der Waals surface area contributed by atoms with E-state index in [1.807, 2.05) is 0 Å². The molecule has 0 spiro atoms. The topological polar surface area (TPSA) is 38.9 Å². The first kappa shape index (κ1) is 12.3. The van der Waals surface area contributed by atoms with Gasteiger partial charge in [0, 0.05) is 6.20 Å². The van der Waals surface area contributed by atoms with E-state index < -0.39 is 11.7 Å². The lowest BCUT2D eigenvalue weighted by molar-refractivity contribution is -0.138. The lowest BCUT2D eigenvalue weighted by atomic mass is 10.1. The van der Waals surface area contributed by atoms with E-state index in [0.29, 0.717) is 13.0 Å². The van der Waals surface area contributed by atoms with Crippen LogP contribution in [0, 0.1) is 0 Å². The Kier molecular flexibility index (Phi) is 3.93. The van der Waals surface area contributed by atoms with Crippen molar-refractivity contribution in [2.24, 2.45) is 5.73 Å². The van der Waals surface area contributed by atoms with Crippen LogP contribution in [-0.4, -0.2) is 11.5 Å². The number of pyridine rings is 1. The second-order valence-electron chi connectivity index (χ2n) is 3.04. The maximum Gasteiger partial charge on any atom is 0.418 e. The van der Waals surface area contributed by atoms with E-state index in [2.05, 4.69) is 4.98 Å². The van der Waals surface area contributed by atoms with E-state index in [1.165, 1.54) is 6.20 Å². The zero-order chi connectivity index (χ0) is 11.5. The predicted molar refractivity (Wildman–Crippen MR) is 51.6 cm³/mol. The molecule has 0 atom stereocenters.